The molecule has 0 aromatic heterocycles. The number of sulfone groups is 1. The molecule has 1 saturated heterocycles. The van der Waals surface area contributed by atoms with Crippen LogP contribution in [0.25, 0.3) is 0 Å². The Morgan fingerprint density at radius 2 is 2.10 bits per heavy atom. The first kappa shape index (κ1) is 15.0. The summed E-state index contributed by atoms with van der Waals surface area (Å²) in [4.78, 5) is 0.220. The Morgan fingerprint density at radius 1 is 1.35 bits per heavy atom. The second kappa shape index (κ2) is 6.84. The summed E-state index contributed by atoms with van der Waals surface area (Å²) in [6.45, 7) is 1.36. The molecule has 1 aliphatic heterocycles. The van der Waals surface area contributed by atoms with Gasteiger partial charge >= 0.3 is 0 Å². The van der Waals surface area contributed by atoms with Crippen LogP contribution in [0, 0.1) is 11.3 Å². The zero-order valence-corrected chi connectivity index (χ0v) is 11.9. The minimum Gasteiger partial charge on any atom is -0.378 e. The highest BCUT2D eigenvalue weighted by molar-refractivity contribution is 7.91. The standard InChI is InChI=1S/C14H17NO4S/c15-10-12-3-5-14(6-4-12)20(16,17)9-8-18-11-13-2-1-7-19-13/h3-6,13H,1-2,7-9,11H2. The molecule has 0 N–H and O–H groups in total. The van der Waals surface area contributed by atoms with E-state index in [0.29, 0.717) is 12.2 Å². The molecule has 0 bridgehead atoms. The van der Waals surface area contributed by atoms with Crippen LogP contribution in [-0.2, 0) is 19.3 Å². The fourth-order valence-electron chi connectivity index (χ4n) is 2.01. The van der Waals surface area contributed by atoms with E-state index in [1.165, 1.54) is 24.3 Å². The lowest BCUT2D eigenvalue weighted by molar-refractivity contribution is 0.0223. The fraction of sp³-hybridized carbons (Fsp3) is 0.500. The summed E-state index contributed by atoms with van der Waals surface area (Å²) < 4.78 is 34.8. The van der Waals surface area contributed by atoms with Gasteiger partial charge in [-0.1, -0.05) is 0 Å². The molecule has 5 nitrogen and oxygen atoms in total. The lowest BCUT2D eigenvalue weighted by Gasteiger charge is -2.10. The summed E-state index contributed by atoms with van der Waals surface area (Å²) >= 11 is 0. The van der Waals surface area contributed by atoms with Gasteiger partial charge in [0, 0.05) is 6.61 Å². The van der Waals surface area contributed by atoms with Crippen LogP contribution in [0.1, 0.15) is 18.4 Å². The monoisotopic (exact) mass is 295 g/mol. The van der Waals surface area contributed by atoms with Gasteiger partial charge in [-0.25, -0.2) is 8.42 Å². The summed E-state index contributed by atoms with van der Waals surface area (Å²) in [6.07, 6.45) is 2.12. The predicted octanol–water partition coefficient (Wildman–Crippen LogP) is 1.53. The summed E-state index contributed by atoms with van der Waals surface area (Å²) in [5, 5.41) is 8.68. The number of hydrogen-bond donors (Lipinski definition) is 0. The lowest BCUT2D eigenvalue weighted by Crippen LogP contribution is -2.18. The highest BCUT2D eigenvalue weighted by Gasteiger charge is 2.17. The Morgan fingerprint density at radius 3 is 2.70 bits per heavy atom. The van der Waals surface area contributed by atoms with Gasteiger partial charge in [0.15, 0.2) is 9.84 Å². The van der Waals surface area contributed by atoms with Crippen molar-refractivity contribution in [1.82, 2.24) is 0 Å². The van der Waals surface area contributed by atoms with Crippen molar-refractivity contribution >= 4 is 9.84 Å². The largest absolute Gasteiger partial charge is 0.378 e. The van der Waals surface area contributed by atoms with E-state index < -0.39 is 9.84 Å². The lowest BCUT2D eigenvalue weighted by atomic mass is 10.2. The van der Waals surface area contributed by atoms with Gasteiger partial charge in [-0.2, -0.15) is 5.26 Å². The van der Waals surface area contributed by atoms with E-state index in [4.69, 9.17) is 14.7 Å². The topological polar surface area (TPSA) is 76.4 Å². The van der Waals surface area contributed by atoms with E-state index >= 15 is 0 Å². The highest BCUT2D eigenvalue weighted by atomic mass is 32.2. The van der Waals surface area contributed by atoms with Crippen LogP contribution >= 0.6 is 0 Å². The Hall–Kier alpha value is -1.42. The van der Waals surface area contributed by atoms with Crippen LogP contribution in [-0.4, -0.2) is 40.1 Å². The minimum atomic E-state index is -3.36. The van der Waals surface area contributed by atoms with Crippen molar-refractivity contribution in [2.24, 2.45) is 0 Å². The van der Waals surface area contributed by atoms with E-state index in [1.807, 2.05) is 6.07 Å². The maximum atomic E-state index is 12.0. The molecule has 0 aliphatic carbocycles. The third-order valence-corrected chi connectivity index (χ3v) is 4.86. The van der Waals surface area contributed by atoms with Gasteiger partial charge in [0.1, 0.15) is 0 Å². The van der Waals surface area contributed by atoms with E-state index in [-0.39, 0.29) is 23.4 Å². The van der Waals surface area contributed by atoms with Crippen LogP contribution in [0.5, 0.6) is 0 Å². The van der Waals surface area contributed by atoms with Crippen molar-refractivity contribution in [3.63, 3.8) is 0 Å². The van der Waals surface area contributed by atoms with E-state index in [9.17, 15) is 8.42 Å². The number of benzene rings is 1. The molecule has 1 atom stereocenters. The molecule has 108 valence electrons. The van der Waals surface area contributed by atoms with Gasteiger partial charge < -0.3 is 9.47 Å². The molecule has 0 saturated carbocycles. The summed E-state index contributed by atoms with van der Waals surface area (Å²) in [7, 11) is -3.36. The zero-order chi connectivity index (χ0) is 14.4. The molecular weight excluding hydrogens is 278 g/mol. The normalized spacial score (nSPS) is 18.9. The summed E-state index contributed by atoms with van der Waals surface area (Å²) in [5.74, 6) is -0.0639. The minimum absolute atomic E-state index is 0.0639. The number of rotatable bonds is 6. The van der Waals surface area contributed by atoms with Crippen molar-refractivity contribution < 1.29 is 17.9 Å². The van der Waals surface area contributed by atoms with E-state index in [2.05, 4.69) is 0 Å². The maximum absolute atomic E-state index is 12.0. The average Bonchev–Trinajstić information content (AvgIpc) is 2.97. The molecule has 6 heteroatoms. The van der Waals surface area contributed by atoms with Crippen LogP contribution < -0.4 is 0 Å². The fourth-order valence-corrected chi connectivity index (χ4v) is 3.14. The SMILES string of the molecule is N#Cc1ccc(S(=O)(=O)CCOCC2CCCO2)cc1. The molecule has 0 radical (unpaired) electrons. The van der Waals surface area contributed by atoms with Crippen molar-refractivity contribution in [2.75, 3.05) is 25.6 Å². The Bertz CT molecular complexity index is 568. The first-order valence-corrected chi connectivity index (χ1v) is 8.19. The molecule has 1 heterocycles. The Kier molecular flexibility index (Phi) is 5.12. The van der Waals surface area contributed by atoms with Crippen molar-refractivity contribution in [3.05, 3.63) is 29.8 Å². The van der Waals surface area contributed by atoms with E-state index in [0.717, 1.165) is 19.4 Å². The van der Waals surface area contributed by atoms with E-state index in [1.54, 1.807) is 0 Å². The number of nitrogens with zero attached hydrogens (tertiary/aromatic N) is 1. The molecule has 1 aromatic carbocycles. The quantitative estimate of drug-likeness (QED) is 0.744. The number of hydrogen-bond acceptors (Lipinski definition) is 5. The van der Waals surface area contributed by atoms with Crippen LogP contribution in [0.15, 0.2) is 29.2 Å². The Balaban J connectivity index is 1.82. The molecule has 1 unspecified atom stereocenters. The van der Waals surface area contributed by atoms with Gasteiger partial charge in [-0.05, 0) is 37.1 Å². The second-order valence-electron chi connectivity index (χ2n) is 4.66. The molecule has 1 aromatic rings. The highest BCUT2D eigenvalue weighted by Crippen LogP contribution is 2.14. The molecular formula is C14H17NO4S. The summed E-state index contributed by atoms with van der Waals surface area (Å²) in [6, 6.07) is 7.86. The molecule has 2 rings (SSSR count). The first-order chi connectivity index (χ1) is 9.62. The average molecular weight is 295 g/mol. The van der Waals surface area contributed by atoms with Gasteiger partial charge in [0.05, 0.1) is 41.6 Å². The van der Waals surface area contributed by atoms with Crippen molar-refractivity contribution in [1.29, 1.82) is 5.26 Å². The zero-order valence-electron chi connectivity index (χ0n) is 11.1. The van der Waals surface area contributed by atoms with Gasteiger partial charge in [0.2, 0.25) is 0 Å². The third kappa shape index (κ3) is 4.04. The first-order valence-electron chi connectivity index (χ1n) is 6.54. The predicted molar refractivity (Wildman–Crippen MR) is 73.0 cm³/mol. The molecule has 1 fully saturated rings. The summed E-state index contributed by atoms with van der Waals surface area (Å²) in [5.41, 5.74) is 0.443. The van der Waals surface area contributed by atoms with Crippen molar-refractivity contribution in [3.8, 4) is 6.07 Å². The third-order valence-electron chi connectivity index (χ3n) is 3.17. The van der Waals surface area contributed by atoms with Gasteiger partial charge in [0.25, 0.3) is 0 Å². The molecule has 0 amide bonds. The van der Waals surface area contributed by atoms with Crippen molar-refractivity contribution in [2.45, 2.75) is 23.8 Å². The number of ether oxygens (including phenoxy) is 2. The van der Waals surface area contributed by atoms with Crippen LogP contribution in [0.4, 0.5) is 0 Å². The molecule has 1 aliphatic rings. The second-order valence-corrected chi connectivity index (χ2v) is 6.77. The van der Waals surface area contributed by atoms with Crippen LogP contribution in [0.2, 0.25) is 0 Å². The van der Waals surface area contributed by atoms with Crippen LogP contribution in [0.3, 0.4) is 0 Å². The smallest absolute Gasteiger partial charge is 0.180 e. The van der Waals surface area contributed by atoms with Gasteiger partial charge in [-0.3, -0.25) is 0 Å². The maximum Gasteiger partial charge on any atom is 0.180 e. The number of nitriles is 1. The Labute approximate surface area is 119 Å². The van der Waals surface area contributed by atoms with Gasteiger partial charge in [-0.15, -0.1) is 0 Å². The molecule has 0 spiro atoms. The molecule has 20 heavy (non-hydrogen) atoms.